The van der Waals surface area contributed by atoms with Gasteiger partial charge in [0.2, 0.25) is 0 Å². The van der Waals surface area contributed by atoms with E-state index in [1.54, 1.807) is 0 Å². The number of ether oxygens (including phenoxy) is 2. The molecular weight excluding hydrogens is 1040 g/mol. The molecular formula is C78H47N5O2. The van der Waals surface area contributed by atoms with Gasteiger partial charge in [-0.05, 0) is 156 Å². The summed E-state index contributed by atoms with van der Waals surface area (Å²) in [6, 6.07) is 103. The third-order valence-corrected chi connectivity index (χ3v) is 17.9. The molecule has 85 heavy (non-hydrogen) atoms. The fourth-order valence-electron chi connectivity index (χ4n) is 14.2. The van der Waals surface area contributed by atoms with Gasteiger partial charge in [0.25, 0.3) is 0 Å². The number of fused-ring (bicyclic) bond motifs is 16. The second kappa shape index (κ2) is 17.5. The second-order valence-electron chi connectivity index (χ2n) is 22.5. The molecule has 6 heterocycles. The maximum Gasteiger partial charge on any atom is 0.155 e. The Labute approximate surface area is 487 Å². The van der Waals surface area contributed by atoms with Crippen molar-refractivity contribution in [3.05, 3.63) is 285 Å². The highest BCUT2D eigenvalue weighted by Gasteiger charge is 2.35. The Hall–Kier alpha value is -11.5. The lowest BCUT2D eigenvalue weighted by Gasteiger charge is -2.38. The number of para-hydroxylation sites is 7. The van der Waals surface area contributed by atoms with Crippen molar-refractivity contribution in [3.8, 4) is 68.0 Å². The summed E-state index contributed by atoms with van der Waals surface area (Å²) in [5.41, 5.74) is 21.1. The molecule has 2 aliphatic heterocycles. The SMILES string of the molecule is c1ccc(-n2c3ccccc3c3cc(-c4ccc5c(c4)c4ccccc4n5-c4ccc5c(c4)Oc4cccc6c4N5c4ccc(-n5c7ccccc7c7cc(-c8ccc9c(c8)c8ccccc8n9-c8ccccc8)ccc75)cc4O6)ccc32)cc1. The van der Waals surface area contributed by atoms with Crippen molar-refractivity contribution in [1.82, 2.24) is 18.3 Å². The molecule has 7 nitrogen and oxygen atoms in total. The van der Waals surface area contributed by atoms with Crippen molar-refractivity contribution in [2.24, 2.45) is 0 Å². The monoisotopic (exact) mass is 1090 g/mol. The first-order valence-corrected chi connectivity index (χ1v) is 29.0. The highest BCUT2D eigenvalue weighted by Crippen LogP contribution is 2.60. The van der Waals surface area contributed by atoms with Crippen molar-refractivity contribution < 1.29 is 9.47 Å². The van der Waals surface area contributed by atoms with E-state index in [0.29, 0.717) is 0 Å². The van der Waals surface area contributed by atoms with Crippen LogP contribution in [0.3, 0.4) is 0 Å². The summed E-state index contributed by atoms with van der Waals surface area (Å²) in [5.74, 6) is 3.02. The van der Waals surface area contributed by atoms with Crippen LogP contribution >= 0.6 is 0 Å². The van der Waals surface area contributed by atoms with Crippen LogP contribution in [0.15, 0.2) is 285 Å². The molecule has 0 radical (unpaired) electrons. The summed E-state index contributed by atoms with van der Waals surface area (Å²) in [5, 5.41) is 9.72. The molecule has 13 aromatic carbocycles. The Morgan fingerprint density at radius 3 is 0.859 bits per heavy atom. The molecule has 0 saturated heterocycles. The maximum atomic E-state index is 6.91. The van der Waals surface area contributed by atoms with Crippen LogP contribution in [-0.2, 0) is 0 Å². The van der Waals surface area contributed by atoms with Crippen LogP contribution in [0.2, 0.25) is 0 Å². The van der Waals surface area contributed by atoms with E-state index in [1.807, 2.05) is 18.2 Å². The van der Waals surface area contributed by atoms with Crippen LogP contribution in [0.1, 0.15) is 0 Å². The van der Waals surface area contributed by atoms with Crippen LogP contribution in [0.4, 0.5) is 17.1 Å². The van der Waals surface area contributed by atoms with Crippen molar-refractivity contribution in [2.45, 2.75) is 0 Å². The Morgan fingerprint density at radius 1 is 0.200 bits per heavy atom. The third kappa shape index (κ3) is 6.66. The zero-order valence-electron chi connectivity index (χ0n) is 45.7. The third-order valence-electron chi connectivity index (χ3n) is 17.9. The summed E-state index contributed by atoms with van der Waals surface area (Å²) in [7, 11) is 0. The molecule has 17 aromatic rings. The van der Waals surface area contributed by atoms with E-state index in [1.165, 1.54) is 87.4 Å². The average Bonchev–Trinajstić information content (AvgIpc) is 2.28. The van der Waals surface area contributed by atoms with E-state index in [-0.39, 0.29) is 0 Å². The van der Waals surface area contributed by atoms with Gasteiger partial charge in [0, 0.05) is 66.6 Å². The zero-order chi connectivity index (χ0) is 55.4. The summed E-state index contributed by atoms with van der Waals surface area (Å²) in [6.45, 7) is 0. The molecule has 0 saturated carbocycles. The van der Waals surface area contributed by atoms with Gasteiger partial charge in [-0.15, -0.1) is 0 Å². The molecule has 0 atom stereocenters. The van der Waals surface area contributed by atoms with Gasteiger partial charge in [-0.1, -0.05) is 140 Å². The van der Waals surface area contributed by atoms with Crippen molar-refractivity contribution >= 4 is 104 Å². The van der Waals surface area contributed by atoms with Crippen LogP contribution < -0.4 is 14.4 Å². The first kappa shape index (κ1) is 46.1. The fourth-order valence-corrected chi connectivity index (χ4v) is 14.2. The molecule has 0 spiro atoms. The number of anilines is 3. The number of nitrogens with zero attached hydrogens (tertiary/aromatic N) is 5. The molecule has 4 aromatic heterocycles. The molecule has 19 rings (SSSR count). The molecule has 0 aliphatic carbocycles. The van der Waals surface area contributed by atoms with Gasteiger partial charge in [0.05, 0.1) is 66.9 Å². The van der Waals surface area contributed by atoms with E-state index in [0.717, 1.165) is 84.9 Å². The smallest absolute Gasteiger partial charge is 0.155 e. The average molecular weight is 1090 g/mol. The summed E-state index contributed by atoms with van der Waals surface area (Å²) >= 11 is 0. The van der Waals surface area contributed by atoms with E-state index >= 15 is 0 Å². The van der Waals surface area contributed by atoms with Crippen LogP contribution in [0, 0.1) is 0 Å². The Bertz CT molecular complexity index is 5340. The number of benzene rings is 13. The number of aromatic nitrogens is 4. The lowest BCUT2D eigenvalue weighted by atomic mass is 10.0. The number of hydrogen-bond donors (Lipinski definition) is 0. The lowest BCUT2D eigenvalue weighted by Crippen LogP contribution is -2.20. The quantitative estimate of drug-likeness (QED) is 0.167. The summed E-state index contributed by atoms with van der Waals surface area (Å²) in [6.07, 6.45) is 0. The molecule has 0 fully saturated rings. The van der Waals surface area contributed by atoms with Gasteiger partial charge >= 0.3 is 0 Å². The van der Waals surface area contributed by atoms with E-state index in [4.69, 9.17) is 9.47 Å². The van der Waals surface area contributed by atoms with Crippen molar-refractivity contribution in [1.29, 1.82) is 0 Å². The molecule has 0 N–H and O–H groups in total. The number of hydrogen-bond acceptors (Lipinski definition) is 3. The van der Waals surface area contributed by atoms with Crippen LogP contribution in [-0.4, -0.2) is 18.3 Å². The van der Waals surface area contributed by atoms with Gasteiger partial charge in [-0.25, -0.2) is 0 Å². The maximum absolute atomic E-state index is 6.91. The van der Waals surface area contributed by atoms with Gasteiger partial charge in [-0.3, -0.25) is 4.90 Å². The molecule has 0 unspecified atom stereocenters. The van der Waals surface area contributed by atoms with E-state index in [9.17, 15) is 0 Å². The van der Waals surface area contributed by atoms with Gasteiger partial charge < -0.3 is 27.7 Å². The summed E-state index contributed by atoms with van der Waals surface area (Å²) in [4.78, 5) is 2.31. The first-order valence-electron chi connectivity index (χ1n) is 29.0. The largest absolute Gasteiger partial charge is 0.453 e. The molecule has 7 heteroatoms. The Balaban J connectivity index is 0.693. The zero-order valence-corrected chi connectivity index (χ0v) is 45.7. The fraction of sp³-hybridized carbons (Fsp3) is 0. The molecule has 2 aliphatic rings. The highest BCUT2D eigenvalue weighted by molar-refractivity contribution is 6.15. The standard InChI is InChI=1S/C78H47N5O2/c1-3-16-52(17-4-1)79-64-24-11-7-20-56(64)60-42-48(30-36-68(60)79)50-32-38-70-62(44-50)58-22-9-13-26-66(58)81(70)54-34-40-72-76(46-54)84-74-28-15-29-75-78(74)83(72)73-41-35-55(47-77(73)85-75)82-67-27-14-10-23-59(67)63-45-51(33-39-71(63)82)49-31-37-69-61(43-49)57-21-8-12-25-65(57)80(69)53-18-5-2-6-19-53/h1-47H. The highest BCUT2D eigenvalue weighted by atomic mass is 16.5. The van der Waals surface area contributed by atoms with Gasteiger partial charge in [0.15, 0.2) is 23.0 Å². The van der Waals surface area contributed by atoms with E-state index < -0.39 is 0 Å². The number of rotatable bonds is 6. The lowest BCUT2D eigenvalue weighted by molar-refractivity contribution is 0.446. The van der Waals surface area contributed by atoms with Crippen molar-refractivity contribution in [3.63, 3.8) is 0 Å². The van der Waals surface area contributed by atoms with Gasteiger partial charge in [0.1, 0.15) is 5.69 Å². The van der Waals surface area contributed by atoms with Gasteiger partial charge in [-0.2, -0.15) is 0 Å². The van der Waals surface area contributed by atoms with E-state index in [2.05, 4.69) is 290 Å². The minimum atomic E-state index is 0.743. The Morgan fingerprint density at radius 2 is 0.506 bits per heavy atom. The second-order valence-corrected chi connectivity index (χ2v) is 22.5. The first-order chi connectivity index (χ1) is 42.1. The molecule has 396 valence electrons. The summed E-state index contributed by atoms with van der Waals surface area (Å²) < 4.78 is 23.3. The topological polar surface area (TPSA) is 41.4 Å². The minimum Gasteiger partial charge on any atom is -0.453 e. The molecule has 0 bridgehead atoms. The van der Waals surface area contributed by atoms with Crippen molar-refractivity contribution in [2.75, 3.05) is 4.90 Å². The van der Waals surface area contributed by atoms with Crippen LogP contribution in [0.25, 0.3) is 132 Å². The predicted octanol–water partition coefficient (Wildman–Crippen LogP) is 21.1. The molecule has 0 amide bonds. The van der Waals surface area contributed by atoms with Crippen LogP contribution in [0.5, 0.6) is 23.0 Å². The normalized spacial score (nSPS) is 12.6. The minimum absolute atomic E-state index is 0.743. The predicted molar refractivity (Wildman–Crippen MR) is 350 cm³/mol. The Kier molecular flexibility index (Phi) is 9.49.